The maximum atomic E-state index is 11.5. The summed E-state index contributed by atoms with van der Waals surface area (Å²) in [7, 11) is 1.34. The Hall–Kier alpha value is -1.78. The van der Waals surface area contributed by atoms with Crippen molar-refractivity contribution in [2.45, 2.75) is 26.8 Å². The molecule has 5 nitrogen and oxygen atoms in total. The van der Waals surface area contributed by atoms with Gasteiger partial charge in [0.15, 0.2) is 5.82 Å². The summed E-state index contributed by atoms with van der Waals surface area (Å²) in [5, 5.41) is 0. The molecule has 1 aromatic rings. The third-order valence-electron chi connectivity index (χ3n) is 2.61. The van der Waals surface area contributed by atoms with Crippen molar-refractivity contribution in [2.75, 3.05) is 24.3 Å². The van der Waals surface area contributed by atoms with Crippen molar-refractivity contribution in [3.8, 4) is 0 Å². The third kappa shape index (κ3) is 2.67. The molecule has 2 N–H and O–H groups in total. The van der Waals surface area contributed by atoms with Crippen LogP contribution in [0.2, 0.25) is 0 Å². The summed E-state index contributed by atoms with van der Waals surface area (Å²) in [6.45, 7) is 6.90. The first kappa shape index (κ1) is 13.3. The molecule has 0 spiro atoms. The van der Waals surface area contributed by atoms with Gasteiger partial charge in [-0.3, -0.25) is 0 Å². The van der Waals surface area contributed by atoms with Crippen molar-refractivity contribution in [3.05, 3.63) is 17.8 Å². The van der Waals surface area contributed by atoms with Gasteiger partial charge in [0.2, 0.25) is 0 Å². The number of rotatable bonds is 4. The van der Waals surface area contributed by atoms with Gasteiger partial charge in [0, 0.05) is 18.8 Å². The number of carbonyl (C=O) groups excluding carboxylic acids is 1. The number of hydrogen-bond donors (Lipinski definition) is 1. The zero-order valence-corrected chi connectivity index (χ0v) is 10.7. The molecule has 0 radical (unpaired) electrons. The van der Waals surface area contributed by atoms with E-state index in [1.54, 1.807) is 12.3 Å². The van der Waals surface area contributed by atoms with E-state index in [1.807, 2.05) is 11.8 Å². The summed E-state index contributed by atoms with van der Waals surface area (Å²) >= 11 is 0. The predicted octanol–water partition coefficient (Wildman–Crippen LogP) is 1.69. The Kier molecular flexibility index (Phi) is 4.31. The van der Waals surface area contributed by atoms with E-state index in [9.17, 15) is 4.79 Å². The van der Waals surface area contributed by atoms with Crippen LogP contribution in [0, 0.1) is 0 Å². The number of pyridine rings is 1. The first-order chi connectivity index (χ1) is 8.02. The lowest BCUT2D eigenvalue weighted by Crippen LogP contribution is -2.32. The second kappa shape index (κ2) is 5.52. The molecule has 0 saturated carbocycles. The van der Waals surface area contributed by atoms with Gasteiger partial charge in [0.1, 0.15) is 0 Å². The molecule has 0 aromatic carbocycles. The van der Waals surface area contributed by atoms with Crippen LogP contribution in [-0.4, -0.2) is 30.6 Å². The molecular formula is C12H19N3O2. The van der Waals surface area contributed by atoms with Crippen molar-refractivity contribution in [2.24, 2.45) is 0 Å². The SMILES string of the molecule is CCN(c1nccc(C(=O)OC)c1N)C(C)C. The topological polar surface area (TPSA) is 68.5 Å². The maximum absolute atomic E-state index is 11.5. The van der Waals surface area contributed by atoms with Crippen LogP contribution in [0.15, 0.2) is 12.3 Å². The number of nitrogen functional groups attached to an aromatic ring is 1. The highest BCUT2D eigenvalue weighted by atomic mass is 16.5. The van der Waals surface area contributed by atoms with Crippen LogP contribution in [0.3, 0.4) is 0 Å². The van der Waals surface area contributed by atoms with Gasteiger partial charge in [-0.05, 0) is 26.8 Å². The van der Waals surface area contributed by atoms with E-state index in [0.717, 1.165) is 6.54 Å². The van der Waals surface area contributed by atoms with Crippen molar-refractivity contribution >= 4 is 17.5 Å². The van der Waals surface area contributed by atoms with Crippen molar-refractivity contribution in [1.82, 2.24) is 4.98 Å². The molecule has 5 heteroatoms. The fraction of sp³-hybridized carbons (Fsp3) is 0.500. The van der Waals surface area contributed by atoms with E-state index >= 15 is 0 Å². The number of ether oxygens (including phenoxy) is 1. The summed E-state index contributed by atoms with van der Waals surface area (Å²) in [6, 6.07) is 1.83. The fourth-order valence-electron chi connectivity index (χ4n) is 1.74. The molecule has 0 saturated heterocycles. The lowest BCUT2D eigenvalue weighted by Gasteiger charge is -2.27. The first-order valence-electron chi connectivity index (χ1n) is 5.62. The molecule has 0 atom stereocenters. The average molecular weight is 237 g/mol. The number of esters is 1. The Bertz CT molecular complexity index is 405. The molecule has 0 aliphatic rings. The van der Waals surface area contributed by atoms with Crippen molar-refractivity contribution in [3.63, 3.8) is 0 Å². The Morgan fingerprint density at radius 2 is 2.24 bits per heavy atom. The number of methoxy groups -OCH3 is 1. The van der Waals surface area contributed by atoms with Gasteiger partial charge >= 0.3 is 5.97 Å². The molecular weight excluding hydrogens is 218 g/mol. The Labute approximate surface area is 102 Å². The molecule has 1 heterocycles. The smallest absolute Gasteiger partial charge is 0.340 e. The van der Waals surface area contributed by atoms with Gasteiger partial charge in [-0.1, -0.05) is 0 Å². The summed E-state index contributed by atoms with van der Waals surface area (Å²) < 4.78 is 4.68. The number of nitrogens with two attached hydrogens (primary N) is 1. The molecule has 0 bridgehead atoms. The fourth-order valence-corrected chi connectivity index (χ4v) is 1.74. The number of hydrogen-bond acceptors (Lipinski definition) is 5. The van der Waals surface area contributed by atoms with E-state index in [2.05, 4.69) is 23.6 Å². The molecule has 0 aliphatic heterocycles. The highest BCUT2D eigenvalue weighted by molar-refractivity contribution is 5.97. The second-order valence-electron chi connectivity index (χ2n) is 3.97. The lowest BCUT2D eigenvalue weighted by molar-refractivity contribution is 0.0602. The molecule has 0 amide bonds. The first-order valence-corrected chi connectivity index (χ1v) is 5.62. The van der Waals surface area contributed by atoms with E-state index in [4.69, 9.17) is 5.73 Å². The minimum absolute atomic E-state index is 0.266. The Balaban J connectivity index is 3.22. The van der Waals surface area contributed by atoms with Gasteiger partial charge in [0.05, 0.1) is 18.4 Å². The van der Waals surface area contributed by atoms with Gasteiger partial charge in [-0.2, -0.15) is 0 Å². The summed E-state index contributed by atoms with van der Waals surface area (Å²) in [4.78, 5) is 17.8. The van der Waals surface area contributed by atoms with Gasteiger partial charge in [0.25, 0.3) is 0 Å². The van der Waals surface area contributed by atoms with Crippen molar-refractivity contribution in [1.29, 1.82) is 0 Å². The van der Waals surface area contributed by atoms with Gasteiger partial charge in [-0.25, -0.2) is 9.78 Å². The number of aromatic nitrogens is 1. The minimum atomic E-state index is -0.439. The standard InChI is InChI=1S/C12H19N3O2/c1-5-15(8(2)3)11-10(13)9(6-7-14-11)12(16)17-4/h6-8H,5,13H2,1-4H3. The Morgan fingerprint density at radius 1 is 1.59 bits per heavy atom. The molecule has 1 rings (SSSR count). The highest BCUT2D eigenvalue weighted by Crippen LogP contribution is 2.25. The van der Waals surface area contributed by atoms with Crippen LogP contribution in [0.25, 0.3) is 0 Å². The Morgan fingerprint density at radius 3 is 2.71 bits per heavy atom. The minimum Gasteiger partial charge on any atom is -0.465 e. The molecule has 17 heavy (non-hydrogen) atoms. The van der Waals surface area contributed by atoms with Crippen LogP contribution in [0.4, 0.5) is 11.5 Å². The predicted molar refractivity (Wildman–Crippen MR) is 68.1 cm³/mol. The third-order valence-corrected chi connectivity index (χ3v) is 2.61. The van der Waals surface area contributed by atoms with E-state index in [1.165, 1.54) is 7.11 Å². The van der Waals surface area contributed by atoms with Gasteiger partial charge < -0.3 is 15.4 Å². The van der Waals surface area contributed by atoms with Gasteiger partial charge in [-0.15, -0.1) is 0 Å². The number of anilines is 2. The normalized spacial score (nSPS) is 10.4. The molecule has 94 valence electrons. The van der Waals surface area contributed by atoms with Crippen LogP contribution < -0.4 is 10.6 Å². The van der Waals surface area contributed by atoms with Crippen molar-refractivity contribution < 1.29 is 9.53 Å². The quantitative estimate of drug-likeness (QED) is 0.807. The van der Waals surface area contributed by atoms with Crippen LogP contribution in [0.1, 0.15) is 31.1 Å². The van der Waals surface area contributed by atoms with Crippen LogP contribution in [-0.2, 0) is 4.74 Å². The largest absolute Gasteiger partial charge is 0.465 e. The molecule has 0 unspecified atom stereocenters. The molecule has 1 aromatic heterocycles. The van der Waals surface area contributed by atoms with Crippen LogP contribution in [0.5, 0.6) is 0 Å². The second-order valence-corrected chi connectivity index (χ2v) is 3.97. The zero-order chi connectivity index (χ0) is 13.0. The summed E-state index contributed by atoms with van der Waals surface area (Å²) in [5.41, 5.74) is 6.70. The molecule has 0 aliphatic carbocycles. The lowest BCUT2D eigenvalue weighted by atomic mass is 10.2. The zero-order valence-electron chi connectivity index (χ0n) is 10.7. The number of carbonyl (C=O) groups is 1. The van der Waals surface area contributed by atoms with E-state index in [-0.39, 0.29) is 6.04 Å². The summed E-state index contributed by atoms with van der Waals surface area (Å²) in [5.74, 6) is 0.191. The average Bonchev–Trinajstić information content (AvgIpc) is 2.31. The highest BCUT2D eigenvalue weighted by Gasteiger charge is 2.18. The molecule has 0 fully saturated rings. The van der Waals surface area contributed by atoms with E-state index in [0.29, 0.717) is 17.1 Å². The summed E-state index contributed by atoms with van der Waals surface area (Å²) in [6.07, 6.45) is 1.57. The van der Waals surface area contributed by atoms with Crippen LogP contribution >= 0.6 is 0 Å². The maximum Gasteiger partial charge on any atom is 0.340 e. The number of nitrogens with zero attached hydrogens (tertiary/aromatic N) is 2. The monoisotopic (exact) mass is 237 g/mol. The van der Waals surface area contributed by atoms with E-state index < -0.39 is 5.97 Å².